The molecule has 0 unspecified atom stereocenters. The maximum atomic E-state index is 11.4. The average Bonchev–Trinajstić information content (AvgIpc) is 3.10. The van der Waals surface area contributed by atoms with Crippen molar-refractivity contribution >= 4 is 27.9 Å². The van der Waals surface area contributed by atoms with E-state index in [9.17, 15) is 4.79 Å². The molecular weight excluding hydrogens is 344 g/mol. The van der Waals surface area contributed by atoms with E-state index in [0.29, 0.717) is 11.5 Å². The van der Waals surface area contributed by atoms with Crippen LogP contribution < -0.4 is 10.1 Å². The first kappa shape index (κ1) is 18.1. The fourth-order valence-electron chi connectivity index (χ4n) is 2.72. The van der Waals surface area contributed by atoms with Crippen molar-refractivity contribution < 1.29 is 9.53 Å². The third-order valence-corrected chi connectivity index (χ3v) is 4.95. The summed E-state index contributed by atoms with van der Waals surface area (Å²) in [5, 5.41) is 6.15. The minimum atomic E-state index is 0.0635. The number of ether oxygens (including phenoxy) is 1. The molecule has 0 aliphatic carbocycles. The Morgan fingerprint density at radius 2 is 1.88 bits per heavy atom. The minimum Gasteiger partial charge on any atom is -0.496 e. The highest BCUT2D eigenvalue weighted by molar-refractivity contribution is 7.14. The highest BCUT2D eigenvalue weighted by Crippen LogP contribution is 2.33. The van der Waals surface area contributed by atoms with Crippen molar-refractivity contribution in [2.75, 3.05) is 12.4 Å². The zero-order valence-electron chi connectivity index (χ0n) is 15.4. The lowest BCUT2D eigenvalue weighted by Gasteiger charge is -2.12. The molecule has 0 aliphatic heterocycles. The number of thiazole rings is 1. The van der Waals surface area contributed by atoms with Gasteiger partial charge in [0.05, 0.1) is 12.8 Å². The Kier molecular flexibility index (Phi) is 5.38. The molecule has 0 atom stereocenters. The molecule has 4 nitrogen and oxygen atoms in total. The molecule has 3 rings (SSSR count). The monoisotopic (exact) mass is 366 g/mol. The molecular formula is C21H22N2O2S. The number of nitrogens with zero attached hydrogens (tertiary/aromatic N) is 1. The second-order valence-electron chi connectivity index (χ2n) is 6.41. The van der Waals surface area contributed by atoms with Crippen LogP contribution in [0.3, 0.4) is 0 Å². The molecule has 0 saturated carbocycles. The standard InChI is InChI=1S/C21H22N2O2S/c1-13(2)18-11-16(7-10-20(18)25-4)19-12-26-21(23-19)22-17-8-5-15(6-9-17)14(3)24/h5-13H,1-4H3,(H,22,23). The normalized spacial score (nSPS) is 10.8. The van der Waals surface area contributed by atoms with Crippen LogP contribution in [0.25, 0.3) is 11.3 Å². The molecule has 3 aromatic rings. The molecule has 0 radical (unpaired) electrons. The Hall–Kier alpha value is -2.66. The topological polar surface area (TPSA) is 51.2 Å². The van der Waals surface area contributed by atoms with Gasteiger partial charge in [-0.3, -0.25) is 4.79 Å². The van der Waals surface area contributed by atoms with Crippen molar-refractivity contribution in [2.24, 2.45) is 0 Å². The van der Waals surface area contributed by atoms with E-state index in [0.717, 1.165) is 27.8 Å². The Morgan fingerprint density at radius 1 is 1.15 bits per heavy atom. The predicted molar refractivity (Wildman–Crippen MR) is 108 cm³/mol. The van der Waals surface area contributed by atoms with E-state index in [1.165, 1.54) is 5.56 Å². The van der Waals surface area contributed by atoms with Gasteiger partial charge in [0, 0.05) is 22.2 Å². The summed E-state index contributed by atoms with van der Waals surface area (Å²) in [7, 11) is 1.70. The molecule has 0 aliphatic rings. The highest BCUT2D eigenvalue weighted by Gasteiger charge is 2.11. The first-order chi connectivity index (χ1) is 12.5. The zero-order valence-corrected chi connectivity index (χ0v) is 16.2. The van der Waals surface area contributed by atoms with Gasteiger partial charge in [0.2, 0.25) is 0 Å². The lowest BCUT2D eigenvalue weighted by molar-refractivity contribution is 0.101. The maximum Gasteiger partial charge on any atom is 0.187 e. The van der Waals surface area contributed by atoms with Crippen molar-refractivity contribution in [2.45, 2.75) is 26.7 Å². The van der Waals surface area contributed by atoms with Crippen LogP contribution in [0.15, 0.2) is 47.8 Å². The average molecular weight is 366 g/mol. The number of anilines is 2. The van der Waals surface area contributed by atoms with Gasteiger partial charge in [-0.05, 0) is 60.9 Å². The van der Waals surface area contributed by atoms with Gasteiger partial charge in [0.25, 0.3) is 0 Å². The summed E-state index contributed by atoms with van der Waals surface area (Å²) in [5.74, 6) is 1.34. The molecule has 134 valence electrons. The van der Waals surface area contributed by atoms with Crippen LogP contribution in [0.1, 0.15) is 42.6 Å². The van der Waals surface area contributed by atoms with Crippen molar-refractivity contribution in [3.63, 3.8) is 0 Å². The van der Waals surface area contributed by atoms with Gasteiger partial charge in [0.15, 0.2) is 10.9 Å². The maximum absolute atomic E-state index is 11.4. The number of Topliss-reactive ketones (excluding diaryl/α,β-unsaturated/α-hetero) is 1. The number of benzene rings is 2. The van der Waals surface area contributed by atoms with Crippen LogP contribution in [-0.2, 0) is 0 Å². The molecule has 0 amide bonds. The van der Waals surface area contributed by atoms with Crippen molar-refractivity contribution in [3.8, 4) is 17.0 Å². The van der Waals surface area contributed by atoms with E-state index >= 15 is 0 Å². The summed E-state index contributed by atoms with van der Waals surface area (Å²) in [6.07, 6.45) is 0. The quantitative estimate of drug-likeness (QED) is 0.553. The second-order valence-corrected chi connectivity index (χ2v) is 7.27. The van der Waals surface area contributed by atoms with E-state index in [1.807, 2.05) is 41.8 Å². The van der Waals surface area contributed by atoms with Crippen LogP contribution in [0.5, 0.6) is 5.75 Å². The molecule has 1 aromatic heterocycles. The Morgan fingerprint density at radius 3 is 2.50 bits per heavy atom. The molecule has 1 N–H and O–H groups in total. The van der Waals surface area contributed by atoms with E-state index in [1.54, 1.807) is 25.4 Å². The lowest BCUT2D eigenvalue weighted by atomic mass is 9.99. The van der Waals surface area contributed by atoms with Gasteiger partial charge in [-0.15, -0.1) is 11.3 Å². The van der Waals surface area contributed by atoms with Crippen LogP contribution in [0.4, 0.5) is 10.8 Å². The third kappa shape index (κ3) is 3.94. The Balaban J connectivity index is 1.81. The van der Waals surface area contributed by atoms with Gasteiger partial charge in [-0.25, -0.2) is 4.98 Å². The molecule has 2 aromatic carbocycles. The number of nitrogens with one attached hydrogen (secondary N) is 1. The summed E-state index contributed by atoms with van der Waals surface area (Å²) >= 11 is 1.55. The van der Waals surface area contributed by atoms with E-state index in [2.05, 4.69) is 30.2 Å². The van der Waals surface area contributed by atoms with Gasteiger partial charge in [-0.2, -0.15) is 0 Å². The van der Waals surface area contributed by atoms with E-state index in [-0.39, 0.29) is 5.78 Å². The summed E-state index contributed by atoms with van der Waals surface area (Å²) in [6, 6.07) is 13.6. The first-order valence-electron chi connectivity index (χ1n) is 8.49. The largest absolute Gasteiger partial charge is 0.496 e. The number of aromatic nitrogens is 1. The van der Waals surface area contributed by atoms with Crippen LogP contribution >= 0.6 is 11.3 Å². The zero-order chi connectivity index (χ0) is 18.7. The van der Waals surface area contributed by atoms with Crippen LogP contribution in [0, 0.1) is 0 Å². The smallest absolute Gasteiger partial charge is 0.187 e. The molecule has 0 saturated heterocycles. The number of rotatable bonds is 6. The van der Waals surface area contributed by atoms with Gasteiger partial charge in [-0.1, -0.05) is 13.8 Å². The summed E-state index contributed by atoms with van der Waals surface area (Å²) in [6.45, 7) is 5.87. The molecule has 0 spiro atoms. The second kappa shape index (κ2) is 7.70. The molecule has 1 heterocycles. The third-order valence-electron chi connectivity index (χ3n) is 4.19. The number of methoxy groups -OCH3 is 1. The van der Waals surface area contributed by atoms with Crippen LogP contribution in [0.2, 0.25) is 0 Å². The van der Waals surface area contributed by atoms with Crippen molar-refractivity contribution in [3.05, 3.63) is 59.0 Å². The number of carbonyl (C=O) groups is 1. The molecule has 0 fully saturated rings. The first-order valence-corrected chi connectivity index (χ1v) is 9.37. The van der Waals surface area contributed by atoms with E-state index < -0.39 is 0 Å². The van der Waals surface area contributed by atoms with Crippen LogP contribution in [-0.4, -0.2) is 17.9 Å². The summed E-state index contributed by atoms with van der Waals surface area (Å²) < 4.78 is 5.45. The number of hydrogen-bond acceptors (Lipinski definition) is 5. The molecule has 26 heavy (non-hydrogen) atoms. The molecule has 0 bridgehead atoms. The Labute approximate surface area is 157 Å². The van der Waals surface area contributed by atoms with Gasteiger partial charge in [0.1, 0.15) is 5.75 Å². The summed E-state index contributed by atoms with van der Waals surface area (Å²) in [5.41, 5.74) is 4.80. The predicted octanol–water partition coefficient (Wildman–Crippen LogP) is 5.89. The lowest BCUT2D eigenvalue weighted by Crippen LogP contribution is -1.95. The van der Waals surface area contributed by atoms with Gasteiger partial charge < -0.3 is 10.1 Å². The van der Waals surface area contributed by atoms with E-state index in [4.69, 9.17) is 4.74 Å². The number of ketones is 1. The van der Waals surface area contributed by atoms with Crippen molar-refractivity contribution in [1.82, 2.24) is 4.98 Å². The summed E-state index contributed by atoms with van der Waals surface area (Å²) in [4.78, 5) is 16.0. The number of carbonyl (C=O) groups excluding carboxylic acids is 1. The fourth-order valence-corrected chi connectivity index (χ4v) is 3.46. The number of hydrogen-bond donors (Lipinski definition) is 1. The minimum absolute atomic E-state index is 0.0635. The van der Waals surface area contributed by atoms with Gasteiger partial charge >= 0.3 is 0 Å². The Bertz CT molecular complexity index is 914. The SMILES string of the molecule is COc1ccc(-c2csc(Nc3ccc(C(C)=O)cc3)n2)cc1C(C)C. The fraction of sp³-hybridized carbons (Fsp3) is 0.238. The highest BCUT2D eigenvalue weighted by atomic mass is 32.1. The van der Waals surface area contributed by atoms with Crippen molar-refractivity contribution in [1.29, 1.82) is 0 Å². The molecule has 5 heteroatoms.